The van der Waals surface area contributed by atoms with E-state index in [2.05, 4.69) is 57.3 Å². The Labute approximate surface area is 133 Å². The summed E-state index contributed by atoms with van der Waals surface area (Å²) in [5, 5.41) is 1.75. The largest absolute Gasteiger partial charge is 0.143 e. The maximum absolute atomic E-state index is 4.55. The lowest BCUT2D eigenvalue weighted by molar-refractivity contribution is 0.921. The molecule has 0 heterocycles. The highest BCUT2D eigenvalue weighted by atomic mass is 33.1. The first kappa shape index (κ1) is 20.7. The van der Waals surface area contributed by atoms with Crippen LogP contribution >= 0.6 is 47.3 Å². The summed E-state index contributed by atoms with van der Waals surface area (Å²) in [5.41, 5.74) is 1.23. The monoisotopic (exact) mass is 320 g/mol. The Bertz CT molecular complexity index is 275. The lowest BCUT2D eigenvalue weighted by atomic mass is 10.2. The van der Waals surface area contributed by atoms with Gasteiger partial charge in [0.2, 0.25) is 0 Å². The summed E-state index contributed by atoms with van der Waals surface area (Å²) in [7, 11) is 1.60. The summed E-state index contributed by atoms with van der Waals surface area (Å²) in [5.74, 6) is 1.74. The van der Waals surface area contributed by atoms with Crippen LogP contribution in [0.1, 0.15) is 32.8 Å². The van der Waals surface area contributed by atoms with Crippen molar-refractivity contribution < 1.29 is 0 Å². The number of rotatable bonds is 3. The van der Waals surface area contributed by atoms with Crippen molar-refractivity contribution in [2.75, 3.05) is 5.75 Å². The van der Waals surface area contributed by atoms with Crippen LogP contribution in [0.25, 0.3) is 0 Å². The first-order valence-corrected chi connectivity index (χ1v) is 8.91. The van der Waals surface area contributed by atoms with Gasteiger partial charge < -0.3 is 0 Å². The molecule has 0 saturated heterocycles. The fraction of sp³-hybridized carbons (Fsp3) is 0.500. The van der Waals surface area contributed by atoms with Gasteiger partial charge in [0, 0.05) is 10.6 Å². The Kier molecular flexibility index (Phi) is 17.7. The van der Waals surface area contributed by atoms with Gasteiger partial charge in [-0.25, -0.2) is 0 Å². The predicted molar refractivity (Wildman–Crippen MR) is 98.7 cm³/mol. The molecule has 0 spiro atoms. The van der Waals surface area contributed by atoms with Gasteiger partial charge >= 0.3 is 0 Å². The third-order valence-electron chi connectivity index (χ3n) is 1.68. The first-order valence-electron chi connectivity index (χ1n) is 5.95. The minimum atomic E-state index is 0.574. The Hall–Kier alpha value is 0.360. The van der Waals surface area contributed by atoms with Crippen molar-refractivity contribution in [3.63, 3.8) is 0 Å². The van der Waals surface area contributed by atoms with E-state index in [0.29, 0.717) is 5.92 Å². The molecule has 0 amide bonds. The summed E-state index contributed by atoms with van der Waals surface area (Å²) >= 11 is 12.7. The molecular formula is C14H24S4. The minimum absolute atomic E-state index is 0.574. The van der Waals surface area contributed by atoms with Crippen LogP contribution in [0, 0.1) is 12.8 Å². The minimum Gasteiger partial charge on any atom is -0.143 e. The zero-order chi connectivity index (χ0) is 14.4. The number of hydrogen-bond donors (Lipinski definition) is 2. The number of hydrogen-bond acceptors (Lipinski definition) is 4. The molecule has 0 nitrogen and oxygen atoms in total. The van der Waals surface area contributed by atoms with Gasteiger partial charge in [0.15, 0.2) is 0 Å². The molecule has 0 atom stereocenters. The van der Waals surface area contributed by atoms with Crippen LogP contribution in [0.4, 0.5) is 0 Å². The highest BCUT2D eigenvalue weighted by Crippen LogP contribution is 2.09. The Balaban J connectivity index is 0. The van der Waals surface area contributed by atoms with E-state index >= 15 is 0 Å². The van der Waals surface area contributed by atoms with Crippen molar-refractivity contribution in [2.45, 2.75) is 39.0 Å². The van der Waals surface area contributed by atoms with Crippen molar-refractivity contribution in [2.24, 2.45) is 5.92 Å². The first-order chi connectivity index (χ1) is 8.49. The zero-order valence-corrected chi connectivity index (χ0v) is 15.0. The molecule has 1 rings (SSSR count). The van der Waals surface area contributed by atoms with Crippen molar-refractivity contribution in [1.29, 1.82) is 0 Å². The highest BCUT2D eigenvalue weighted by Gasteiger charge is 1.85. The third kappa shape index (κ3) is 16.4. The second-order valence-electron chi connectivity index (χ2n) is 4.00. The highest BCUT2D eigenvalue weighted by molar-refractivity contribution is 8.68. The fourth-order valence-corrected chi connectivity index (χ4v) is 1.55. The molecule has 0 aromatic heterocycles. The molecule has 0 radical (unpaired) electrons. The van der Waals surface area contributed by atoms with E-state index in [-0.39, 0.29) is 0 Å². The summed E-state index contributed by atoms with van der Waals surface area (Å²) in [6.45, 7) is 8.31. The number of thiocarbonyl (C=S) groups is 1. The van der Waals surface area contributed by atoms with Crippen molar-refractivity contribution in [3.8, 4) is 0 Å². The molecule has 0 fully saturated rings. The van der Waals surface area contributed by atoms with Gasteiger partial charge in [-0.2, -0.15) is 0 Å². The van der Waals surface area contributed by atoms with Crippen LogP contribution in [-0.2, 0) is 0 Å². The molecule has 18 heavy (non-hydrogen) atoms. The molecule has 4 heteroatoms. The summed E-state index contributed by atoms with van der Waals surface area (Å²) in [4.78, 5) is 1.06. The summed E-state index contributed by atoms with van der Waals surface area (Å²) in [6.07, 6.45) is 1.23. The normalized spacial score (nSPS) is 8.83. The molecule has 0 saturated carbocycles. The average Bonchev–Trinajstić information content (AvgIpc) is 2.35. The maximum atomic E-state index is 4.55. The molecule has 104 valence electrons. The van der Waals surface area contributed by atoms with E-state index in [1.54, 1.807) is 16.2 Å². The zero-order valence-electron chi connectivity index (χ0n) is 11.6. The van der Waals surface area contributed by atoms with E-state index in [4.69, 9.17) is 0 Å². The van der Waals surface area contributed by atoms with Crippen LogP contribution in [0.15, 0.2) is 29.2 Å². The lowest BCUT2D eigenvalue weighted by Gasteiger charge is -1.92. The van der Waals surface area contributed by atoms with Crippen LogP contribution in [0.5, 0.6) is 0 Å². The topological polar surface area (TPSA) is 0 Å². The fourth-order valence-electron chi connectivity index (χ4n) is 0.655. The summed E-state index contributed by atoms with van der Waals surface area (Å²) < 4.78 is 0. The SMILES string of the molecule is CC(C)C=S.CCCSS.Cc1ccccc1S. The Morgan fingerprint density at radius 1 is 1.33 bits per heavy atom. The lowest BCUT2D eigenvalue weighted by Crippen LogP contribution is -1.79. The maximum Gasteiger partial charge on any atom is 0.00692 e. The number of thiol groups is 2. The third-order valence-corrected chi connectivity index (χ3v) is 3.87. The van der Waals surface area contributed by atoms with E-state index in [9.17, 15) is 0 Å². The van der Waals surface area contributed by atoms with Gasteiger partial charge in [0.05, 0.1) is 0 Å². The van der Waals surface area contributed by atoms with Crippen molar-refractivity contribution >= 4 is 52.7 Å². The second-order valence-corrected chi connectivity index (χ2v) is 6.19. The van der Waals surface area contributed by atoms with E-state index in [1.807, 2.05) is 31.2 Å². The smallest absolute Gasteiger partial charge is 0.00692 e. The van der Waals surface area contributed by atoms with Gasteiger partial charge in [-0.1, -0.05) is 62.0 Å². The van der Waals surface area contributed by atoms with E-state index < -0.39 is 0 Å². The van der Waals surface area contributed by atoms with Crippen LogP contribution < -0.4 is 0 Å². The molecule has 0 unspecified atom stereocenters. The predicted octanol–water partition coefficient (Wildman–Crippen LogP) is 5.90. The molecule has 0 bridgehead atoms. The van der Waals surface area contributed by atoms with Gasteiger partial charge in [0.25, 0.3) is 0 Å². The molecule has 0 aliphatic heterocycles. The van der Waals surface area contributed by atoms with Gasteiger partial charge in [0.1, 0.15) is 0 Å². The van der Waals surface area contributed by atoms with Gasteiger partial charge in [-0.3, -0.25) is 0 Å². The van der Waals surface area contributed by atoms with E-state index in [0.717, 1.165) is 4.90 Å². The molecular weight excluding hydrogens is 296 g/mol. The van der Waals surface area contributed by atoms with Gasteiger partial charge in [-0.15, -0.1) is 24.3 Å². The number of benzene rings is 1. The van der Waals surface area contributed by atoms with E-state index in [1.165, 1.54) is 17.7 Å². The van der Waals surface area contributed by atoms with Crippen LogP contribution in [0.3, 0.4) is 0 Å². The Morgan fingerprint density at radius 3 is 2.00 bits per heavy atom. The van der Waals surface area contributed by atoms with Crippen LogP contribution in [0.2, 0.25) is 0 Å². The second kappa shape index (κ2) is 15.4. The molecule has 1 aromatic rings. The summed E-state index contributed by atoms with van der Waals surface area (Å²) in [6, 6.07) is 8.02. The molecule has 0 N–H and O–H groups in total. The molecule has 0 aliphatic rings. The quantitative estimate of drug-likeness (QED) is 0.404. The average molecular weight is 321 g/mol. The molecule has 1 aromatic carbocycles. The standard InChI is InChI=1S/C7H8S.C4H8S.C3H8S2/c1-6-4-2-3-5-7(6)8;1-4(2)3-5;1-2-3-5-4/h2-5,8H,1H3;3-4H,1-2H3;4H,2-3H2,1H3. The van der Waals surface area contributed by atoms with Crippen molar-refractivity contribution in [1.82, 2.24) is 0 Å². The number of aryl methyl sites for hydroxylation is 1. The van der Waals surface area contributed by atoms with Crippen LogP contribution in [-0.4, -0.2) is 11.1 Å². The Morgan fingerprint density at radius 2 is 1.83 bits per heavy atom. The van der Waals surface area contributed by atoms with Crippen molar-refractivity contribution in [3.05, 3.63) is 29.8 Å². The molecule has 0 aliphatic carbocycles. The van der Waals surface area contributed by atoms with Gasteiger partial charge in [-0.05, 0) is 36.3 Å².